The van der Waals surface area contributed by atoms with E-state index in [1.807, 2.05) is 0 Å². The van der Waals surface area contributed by atoms with E-state index < -0.39 is 18.2 Å². The Morgan fingerprint density at radius 2 is 1.91 bits per heavy atom. The number of rotatable bonds is 4. The maximum Gasteiger partial charge on any atom is 0.246 e. The van der Waals surface area contributed by atoms with Gasteiger partial charge >= 0.3 is 0 Å². The highest BCUT2D eigenvalue weighted by atomic mass is 16.3. The van der Waals surface area contributed by atoms with Crippen LogP contribution >= 0.6 is 0 Å². The summed E-state index contributed by atoms with van der Waals surface area (Å²) in [5.74, 6) is -0.114. The summed E-state index contributed by atoms with van der Waals surface area (Å²) < 4.78 is 0. The van der Waals surface area contributed by atoms with Gasteiger partial charge in [-0.2, -0.15) is 0 Å². The minimum Gasteiger partial charge on any atom is -0.508 e. The van der Waals surface area contributed by atoms with Gasteiger partial charge in [-0.3, -0.25) is 9.59 Å². The molecule has 2 aliphatic rings. The van der Waals surface area contributed by atoms with Crippen molar-refractivity contribution in [3.63, 3.8) is 0 Å². The second kappa shape index (κ2) is 6.04. The molecule has 3 rings (SSSR count). The summed E-state index contributed by atoms with van der Waals surface area (Å²) in [5.41, 5.74) is 0.862. The van der Waals surface area contributed by atoms with E-state index in [2.05, 4.69) is 6.58 Å². The van der Waals surface area contributed by atoms with E-state index in [0.29, 0.717) is 19.4 Å². The molecular weight excluding hydrogens is 296 g/mol. The third-order valence-corrected chi connectivity index (χ3v) is 4.48. The van der Waals surface area contributed by atoms with Gasteiger partial charge in [0.25, 0.3) is 0 Å². The smallest absolute Gasteiger partial charge is 0.246 e. The van der Waals surface area contributed by atoms with Crippen molar-refractivity contribution >= 4 is 11.8 Å². The first-order valence-electron chi connectivity index (χ1n) is 7.69. The maximum atomic E-state index is 12.8. The molecule has 23 heavy (non-hydrogen) atoms. The average Bonchev–Trinajstić information content (AvgIpc) is 2.92. The molecule has 2 N–H and O–H groups in total. The standard InChI is InChI=1S/C17H20N2O4/c1-2-7-18-14(8-11-3-5-12(20)6-4-11)17(23)19-10-13(21)9-15(19)16(18)22/h2-6,13-15,20-21H,1,7-10H2/t13-,14+,15?/m1/s1. The number of benzene rings is 1. The predicted octanol–water partition coefficient (Wildman–Crippen LogP) is 0.293. The van der Waals surface area contributed by atoms with Crippen LogP contribution in [0.2, 0.25) is 0 Å². The Morgan fingerprint density at radius 3 is 2.57 bits per heavy atom. The van der Waals surface area contributed by atoms with Crippen molar-refractivity contribution in [2.75, 3.05) is 13.1 Å². The fourth-order valence-corrected chi connectivity index (χ4v) is 3.37. The van der Waals surface area contributed by atoms with Gasteiger partial charge in [-0.25, -0.2) is 0 Å². The molecule has 0 aliphatic carbocycles. The minimum absolute atomic E-state index is 0.134. The summed E-state index contributed by atoms with van der Waals surface area (Å²) in [5, 5.41) is 19.2. The molecule has 2 saturated heterocycles. The molecule has 6 heteroatoms. The van der Waals surface area contributed by atoms with Crippen LogP contribution in [-0.4, -0.2) is 63.1 Å². The van der Waals surface area contributed by atoms with E-state index >= 15 is 0 Å². The lowest BCUT2D eigenvalue weighted by Crippen LogP contribution is -2.63. The van der Waals surface area contributed by atoms with Gasteiger partial charge in [0, 0.05) is 25.9 Å². The summed E-state index contributed by atoms with van der Waals surface area (Å²) in [6, 6.07) is 5.43. The number of phenols is 1. The number of piperazine rings is 1. The highest BCUT2D eigenvalue weighted by Crippen LogP contribution is 2.29. The van der Waals surface area contributed by atoms with Crippen molar-refractivity contribution in [1.29, 1.82) is 0 Å². The molecule has 6 nitrogen and oxygen atoms in total. The lowest BCUT2D eigenvalue weighted by molar-refractivity contribution is -0.158. The topological polar surface area (TPSA) is 81.1 Å². The number of hydrogen-bond donors (Lipinski definition) is 2. The van der Waals surface area contributed by atoms with Crippen LogP contribution in [0.5, 0.6) is 5.75 Å². The molecule has 2 heterocycles. The van der Waals surface area contributed by atoms with E-state index in [-0.39, 0.29) is 24.1 Å². The number of amides is 2. The van der Waals surface area contributed by atoms with Crippen LogP contribution in [0, 0.1) is 0 Å². The summed E-state index contributed by atoms with van der Waals surface area (Å²) in [7, 11) is 0. The van der Waals surface area contributed by atoms with Gasteiger partial charge in [-0.15, -0.1) is 6.58 Å². The fourth-order valence-electron chi connectivity index (χ4n) is 3.37. The summed E-state index contributed by atoms with van der Waals surface area (Å²) in [6.45, 7) is 4.18. The predicted molar refractivity (Wildman–Crippen MR) is 83.6 cm³/mol. The van der Waals surface area contributed by atoms with Crippen molar-refractivity contribution in [1.82, 2.24) is 9.80 Å². The monoisotopic (exact) mass is 316 g/mol. The fraction of sp³-hybridized carbons (Fsp3) is 0.412. The molecule has 1 aromatic rings. The highest BCUT2D eigenvalue weighted by molar-refractivity contribution is 5.97. The molecule has 0 saturated carbocycles. The van der Waals surface area contributed by atoms with E-state index in [9.17, 15) is 19.8 Å². The molecular formula is C17H20N2O4. The van der Waals surface area contributed by atoms with Gasteiger partial charge < -0.3 is 20.0 Å². The molecule has 0 radical (unpaired) electrons. The van der Waals surface area contributed by atoms with E-state index in [1.54, 1.807) is 35.2 Å². The van der Waals surface area contributed by atoms with Gasteiger partial charge in [0.1, 0.15) is 17.8 Å². The van der Waals surface area contributed by atoms with Gasteiger partial charge in [-0.1, -0.05) is 18.2 Å². The lowest BCUT2D eigenvalue weighted by Gasteiger charge is -2.41. The second-order valence-electron chi connectivity index (χ2n) is 6.06. The largest absolute Gasteiger partial charge is 0.508 e. The van der Waals surface area contributed by atoms with E-state index in [1.165, 1.54) is 4.90 Å². The van der Waals surface area contributed by atoms with Gasteiger partial charge in [0.2, 0.25) is 11.8 Å². The summed E-state index contributed by atoms with van der Waals surface area (Å²) >= 11 is 0. The van der Waals surface area contributed by atoms with E-state index in [0.717, 1.165) is 5.56 Å². The molecule has 1 unspecified atom stereocenters. The van der Waals surface area contributed by atoms with Crippen LogP contribution < -0.4 is 0 Å². The summed E-state index contributed by atoms with van der Waals surface area (Å²) in [6.07, 6.45) is 1.63. The highest BCUT2D eigenvalue weighted by Gasteiger charge is 2.49. The van der Waals surface area contributed by atoms with Crippen LogP contribution in [0.25, 0.3) is 0 Å². The number of phenolic OH excluding ortho intramolecular Hbond substituents is 1. The molecule has 0 bridgehead atoms. The molecule has 122 valence electrons. The number of aromatic hydroxyl groups is 1. The third-order valence-electron chi connectivity index (χ3n) is 4.48. The van der Waals surface area contributed by atoms with Gasteiger partial charge in [0.05, 0.1) is 6.10 Å². The normalized spacial score (nSPS) is 27.3. The quantitative estimate of drug-likeness (QED) is 0.783. The van der Waals surface area contributed by atoms with Crippen molar-refractivity contribution in [3.8, 4) is 5.75 Å². The average molecular weight is 316 g/mol. The molecule has 3 atom stereocenters. The lowest BCUT2D eigenvalue weighted by atomic mass is 9.98. The number of aliphatic hydroxyl groups excluding tert-OH is 1. The van der Waals surface area contributed by atoms with Crippen molar-refractivity contribution in [3.05, 3.63) is 42.5 Å². The van der Waals surface area contributed by atoms with Crippen LogP contribution in [0.3, 0.4) is 0 Å². The van der Waals surface area contributed by atoms with Crippen molar-refractivity contribution < 1.29 is 19.8 Å². The zero-order valence-electron chi connectivity index (χ0n) is 12.8. The van der Waals surface area contributed by atoms with Gasteiger partial charge in [0.15, 0.2) is 0 Å². The SMILES string of the molecule is C=CCN1C(=O)C2C[C@@H](O)CN2C(=O)[C@@H]1Cc1ccc(O)cc1. The molecule has 1 aromatic carbocycles. The van der Waals surface area contributed by atoms with Crippen LogP contribution in [0.1, 0.15) is 12.0 Å². The Hall–Kier alpha value is -2.34. The molecule has 2 amide bonds. The third kappa shape index (κ3) is 2.82. The first kappa shape index (κ1) is 15.6. The van der Waals surface area contributed by atoms with Gasteiger partial charge in [-0.05, 0) is 17.7 Å². The Labute approximate surface area is 134 Å². The number of fused-ring (bicyclic) bond motifs is 1. The van der Waals surface area contributed by atoms with E-state index in [4.69, 9.17) is 0 Å². The molecule has 0 spiro atoms. The number of hydrogen-bond acceptors (Lipinski definition) is 4. The van der Waals surface area contributed by atoms with Crippen LogP contribution in [-0.2, 0) is 16.0 Å². The Balaban J connectivity index is 1.88. The first-order chi connectivity index (χ1) is 11.0. The number of carbonyl (C=O) groups excluding carboxylic acids is 2. The van der Waals surface area contributed by atoms with Crippen LogP contribution in [0.15, 0.2) is 36.9 Å². The van der Waals surface area contributed by atoms with Crippen molar-refractivity contribution in [2.45, 2.75) is 31.0 Å². The van der Waals surface area contributed by atoms with Crippen LogP contribution in [0.4, 0.5) is 0 Å². The maximum absolute atomic E-state index is 12.8. The molecule has 2 aliphatic heterocycles. The Morgan fingerprint density at radius 1 is 1.22 bits per heavy atom. The number of carbonyl (C=O) groups is 2. The number of nitrogens with zero attached hydrogens (tertiary/aromatic N) is 2. The molecule has 0 aromatic heterocycles. The Kier molecular flexibility index (Phi) is 4.09. The Bertz CT molecular complexity index is 628. The summed E-state index contributed by atoms with van der Waals surface area (Å²) in [4.78, 5) is 28.5. The first-order valence-corrected chi connectivity index (χ1v) is 7.69. The number of aliphatic hydroxyl groups is 1. The molecule has 2 fully saturated rings. The minimum atomic E-state index is -0.647. The zero-order chi connectivity index (χ0) is 16.6. The van der Waals surface area contributed by atoms with Crippen molar-refractivity contribution in [2.24, 2.45) is 0 Å². The zero-order valence-corrected chi connectivity index (χ0v) is 12.8. The second-order valence-corrected chi connectivity index (χ2v) is 6.06.